The Morgan fingerprint density at radius 3 is 2.53 bits per heavy atom. The van der Waals surface area contributed by atoms with Crippen LogP contribution in [0.4, 0.5) is 4.39 Å². The summed E-state index contributed by atoms with van der Waals surface area (Å²) in [6, 6.07) is 3.74. The first-order valence-electron chi connectivity index (χ1n) is 4.39. The second kappa shape index (κ2) is 3.81. The molecule has 0 aliphatic carbocycles. The molecule has 80 valence electrons. The Bertz CT molecular complexity index is 410. The number of aldehydes is 1. The lowest BCUT2D eigenvalue weighted by Gasteiger charge is -2.20. The maximum Gasteiger partial charge on any atom is 0.336 e. The standard InChI is InChI=1S/C11H11FO3/c1-11(2,6-13)9-7(10(14)15)4-3-5-8(9)12/h3-6H,1-2H3,(H,14,15). The Hall–Kier alpha value is -1.71. The monoisotopic (exact) mass is 210 g/mol. The van der Waals surface area contributed by atoms with Crippen LogP contribution >= 0.6 is 0 Å². The summed E-state index contributed by atoms with van der Waals surface area (Å²) in [5, 5.41) is 8.87. The van der Waals surface area contributed by atoms with Crippen molar-refractivity contribution in [1.82, 2.24) is 0 Å². The quantitative estimate of drug-likeness (QED) is 0.776. The summed E-state index contributed by atoms with van der Waals surface area (Å²) in [7, 11) is 0. The lowest BCUT2D eigenvalue weighted by molar-refractivity contribution is -0.111. The number of benzene rings is 1. The van der Waals surface area contributed by atoms with Crippen molar-refractivity contribution < 1.29 is 19.1 Å². The van der Waals surface area contributed by atoms with Gasteiger partial charge in [-0.2, -0.15) is 0 Å². The molecule has 15 heavy (non-hydrogen) atoms. The number of carboxylic acid groups (broad SMARTS) is 1. The number of halogens is 1. The van der Waals surface area contributed by atoms with Gasteiger partial charge in [-0.1, -0.05) is 6.07 Å². The zero-order chi connectivity index (χ0) is 11.6. The number of carbonyl (C=O) groups excluding carboxylic acids is 1. The molecule has 1 aromatic rings. The topological polar surface area (TPSA) is 54.4 Å². The van der Waals surface area contributed by atoms with Crippen LogP contribution in [0.3, 0.4) is 0 Å². The van der Waals surface area contributed by atoms with E-state index in [9.17, 15) is 14.0 Å². The molecule has 0 bridgehead atoms. The van der Waals surface area contributed by atoms with Gasteiger partial charge >= 0.3 is 5.97 Å². The minimum atomic E-state index is -1.24. The first kappa shape index (κ1) is 11.4. The van der Waals surface area contributed by atoms with Gasteiger partial charge in [-0.05, 0) is 26.0 Å². The molecule has 0 saturated carbocycles. The summed E-state index contributed by atoms with van der Waals surface area (Å²) in [6.45, 7) is 2.95. The van der Waals surface area contributed by atoms with Crippen molar-refractivity contribution in [1.29, 1.82) is 0 Å². The Labute approximate surface area is 86.5 Å². The molecule has 0 aromatic heterocycles. The van der Waals surface area contributed by atoms with Crippen molar-refractivity contribution in [3.63, 3.8) is 0 Å². The average Bonchev–Trinajstić information content (AvgIpc) is 2.17. The number of hydrogen-bond acceptors (Lipinski definition) is 2. The number of rotatable bonds is 3. The van der Waals surface area contributed by atoms with Gasteiger partial charge < -0.3 is 9.90 Å². The first-order valence-corrected chi connectivity index (χ1v) is 4.39. The van der Waals surface area contributed by atoms with Gasteiger partial charge in [0.1, 0.15) is 12.1 Å². The summed E-state index contributed by atoms with van der Waals surface area (Å²) in [6.07, 6.45) is 0.540. The van der Waals surface area contributed by atoms with Gasteiger partial charge in [-0.25, -0.2) is 9.18 Å². The van der Waals surface area contributed by atoms with E-state index < -0.39 is 17.2 Å². The third-order valence-electron chi connectivity index (χ3n) is 2.18. The molecule has 0 fully saturated rings. The first-order chi connectivity index (χ1) is 6.90. The molecule has 0 atom stereocenters. The molecule has 1 aromatic carbocycles. The van der Waals surface area contributed by atoms with Gasteiger partial charge in [0.05, 0.1) is 5.56 Å². The summed E-state index contributed by atoms with van der Waals surface area (Å²) >= 11 is 0. The Morgan fingerprint density at radius 1 is 1.47 bits per heavy atom. The van der Waals surface area contributed by atoms with E-state index in [1.165, 1.54) is 26.0 Å². The number of carbonyl (C=O) groups is 2. The van der Waals surface area contributed by atoms with Crippen molar-refractivity contribution in [2.45, 2.75) is 19.3 Å². The minimum Gasteiger partial charge on any atom is -0.478 e. The lowest BCUT2D eigenvalue weighted by Crippen LogP contribution is -2.24. The fraction of sp³-hybridized carbons (Fsp3) is 0.273. The second-order valence-corrected chi connectivity index (χ2v) is 3.81. The van der Waals surface area contributed by atoms with Crippen LogP contribution in [0.5, 0.6) is 0 Å². The van der Waals surface area contributed by atoms with E-state index in [1.807, 2.05) is 0 Å². The fourth-order valence-corrected chi connectivity index (χ4v) is 1.42. The summed E-state index contributed by atoms with van der Waals surface area (Å²) in [5.41, 5.74) is -1.39. The molecule has 0 spiro atoms. The van der Waals surface area contributed by atoms with E-state index in [0.29, 0.717) is 6.29 Å². The van der Waals surface area contributed by atoms with Crippen LogP contribution in [0.25, 0.3) is 0 Å². The molecule has 0 saturated heterocycles. The van der Waals surface area contributed by atoms with Crippen molar-refractivity contribution in [3.05, 3.63) is 35.1 Å². The van der Waals surface area contributed by atoms with E-state index in [2.05, 4.69) is 0 Å². The third kappa shape index (κ3) is 2.03. The van der Waals surface area contributed by atoms with Gasteiger partial charge in [0.25, 0.3) is 0 Å². The molecule has 0 aliphatic rings. The van der Waals surface area contributed by atoms with Crippen molar-refractivity contribution in [3.8, 4) is 0 Å². The number of carboxylic acids is 1. The van der Waals surface area contributed by atoms with Crippen LogP contribution in [0.2, 0.25) is 0 Å². The van der Waals surface area contributed by atoms with Gasteiger partial charge in [-0.3, -0.25) is 0 Å². The van der Waals surface area contributed by atoms with E-state index in [1.54, 1.807) is 0 Å². The Kier molecular flexibility index (Phi) is 2.88. The van der Waals surface area contributed by atoms with Crippen LogP contribution in [0.1, 0.15) is 29.8 Å². The fourth-order valence-electron chi connectivity index (χ4n) is 1.42. The number of aromatic carboxylic acids is 1. The molecule has 0 aliphatic heterocycles. The van der Waals surface area contributed by atoms with Gasteiger partial charge in [0, 0.05) is 11.0 Å². The molecule has 1 rings (SSSR count). The Balaban J connectivity index is 3.50. The van der Waals surface area contributed by atoms with Crippen molar-refractivity contribution in [2.24, 2.45) is 0 Å². The smallest absolute Gasteiger partial charge is 0.336 e. The predicted octanol–water partition coefficient (Wildman–Crippen LogP) is 2.00. The summed E-state index contributed by atoms with van der Waals surface area (Å²) in [4.78, 5) is 21.6. The van der Waals surface area contributed by atoms with Gasteiger partial charge in [-0.15, -0.1) is 0 Å². The van der Waals surface area contributed by atoms with E-state index in [4.69, 9.17) is 5.11 Å². The zero-order valence-corrected chi connectivity index (χ0v) is 8.45. The highest BCUT2D eigenvalue weighted by atomic mass is 19.1. The highest BCUT2D eigenvalue weighted by Crippen LogP contribution is 2.27. The van der Waals surface area contributed by atoms with Crippen LogP contribution in [0, 0.1) is 5.82 Å². The van der Waals surface area contributed by atoms with Crippen molar-refractivity contribution in [2.75, 3.05) is 0 Å². The molecular weight excluding hydrogens is 199 g/mol. The van der Waals surface area contributed by atoms with Crippen LogP contribution in [0.15, 0.2) is 18.2 Å². The SMILES string of the molecule is CC(C)(C=O)c1c(F)cccc1C(=O)O. The number of hydrogen-bond donors (Lipinski definition) is 1. The Morgan fingerprint density at radius 2 is 2.07 bits per heavy atom. The largest absolute Gasteiger partial charge is 0.478 e. The van der Waals surface area contributed by atoms with Crippen molar-refractivity contribution >= 4 is 12.3 Å². The van der Waals surface area contributed by atoms with Crippen LogP contribution < -0.4 is 0 Å². The lowest BCUT2D eigenvalue weighted by atomic mass is 9.83. The summed E-state index contributed by atoms with van der Waals surface area (Å²) < 4.78 is 13.5. The maximum atomic E-state index is 13.5. The average molecular weight is 210 g/mol. The molecular formula is C11H11FO3. The third-order valence-corrected chi connectivity index (χ3v) is 2.18. The van der Waals surface area contributed by atoms with E-state index in [-0.39, 0.29) is 11.1 Å². The summed E-state index contributed by atoms with van der Waals surface area (Å²) in [5.74, 6) is -1.91. The molecule has 0 amide bonds. The molecule has 1 N–H and O–H groups in total. The normalized spacial score (nSPS) is 11.1. The highest BCUT2D eigenvalue weighted by molar-refractivity contribution is 5.91. The van der Waals surface area contributed by atoms with Gasteiger partial charge in [0.15, 0.2) is 0 Å². The van der Waals surface area contributed by atoms with E-state index in [0.717, 1.165) is 6.07 Å². The zero-order valence-electron chi connectivity index (χ0n) is 8.45. The van der Waals surface area contributed by atoms with Gasteiger partial charge in [0.2, 0.25) is 0 Å². The molecule has 3 nitrogen and oxygen atoms in total. The highest BCUT2D eigenvalue weighted by Gasteiger charge is 2.28. The molecule has 0 radical (unpaired) electrons. The minimum absolute atomic E-state index is 0.0764. The molecule has 0 unspecified atom stereocenters. The van der Waals surface area contributed by atoms with E-state index >= 15 is 0 Å². The molecule has 4 heteroatoms. The predicted molar refractivity (Wildman–Crippen MR) is 52.4 cm³/mol. The second-order valence-electron chi connectivity index (χ2n) is 3.81. The van der Waals surface area contributed by atoms with Crippen LogP contribution in [-0.2, 0) is 10.2 Å². The molecule has 0 heterocycles. The van der Waals surface area contributed by atoms with Crippen LogP contribution in [-0.4, -0.2) is 17.4 Å². The maximum absolute atomic E-state index is 13.5.